The third kappa shape index (κ3) is 6.08. The molecule has 0 aliphatic rings. The van der Waals surface area contributed by atoms with Gasteiger partial charge in [0, 0.05) is 5.56 Å². The topological polar surface area (TPSA) is 104 Å². The van der Waals surface area contributed by atoms with Crippen LogP contribution in [0.5, 0.6) is 17.2 Å². The highest BCUT2D eigenvalue weighted by atomic mass is 16.5. The number of methoxy groups -OCH3 is 1. The summed E-state index contributed by atoms with van der Waals surface area (Å²) in [5.74, 6) is -0.349. The largest absolute Gasteiger partial charge is 0.508 e. The molecule has 2 aromatic rings. The van der Waals surface area contributed by atoms with Crippen LogP contribution in [-0.4, -0.2) is 34.0 Å². The molecule has 0 aromatic heterocycles. The van der Waals surface area contributed by atoms with Gasteiger partial charge in [-0.3, -0.25) is 9.59 Å². The summed E-state index contributed by atoms with van der Waals surface area (Å²) in [5.41, 5.74) is 0.434. The van der Waals surface area contributed by atoms with Crippen molar-refractivity contribution in [3.05, 3.63) is 65.2 Å². The molecule has 2 rings (SSSR count). The zero-order valence-electron chi connectivity index (χ0n) is 18.7. The number of ketones is 2. The Kier molecular flexibility index (Phi) is 8.79. The molecule has 3 N–H and O–H groups in total. The summed E-state index contributed by atoms with van der Waals surface area (Å²) >= 11 is 0. The predicted molar refractivity (Wildman–Crippen MR) is 124 cm³/mol. The van der Waals surface area contributed by atoms with E-state index in [-0.39, 0.29) is 29.7 Å². The Morgan fingerprint density at radius 1 is 0.969 bits per heavy atom. The maximum absolute atomic E-state index is 13.1. The van der Waals surface area contributed by atoms with Crippen LogP contribution < -0.4 is 4.74 Å². The van der Waals surface area contributed by atoms with Crippen molar-refractivity contribution >= 4 is 23.7 Å². The van der Waals surface area contributed by atoms with Gasteiger partial charge in [-0.05, 0) is 60.9 Å². The van der Waals surface area contributed by atoms with Crippen molar-refractivity contribution in [2.24, 2.45) is 5.41 Å². The average molecular weight is 439 g/mol. The number of hydrogen-bond acceptors (Lipinski definition) is 6. The van der Waals surface area contributed by atoms with E-state index in [1.54, 1.807) is 43.3 Å². The second kappa shape index (κ2) is 11.3. The smallest absolute Gasteiger partial charge is 0.169 e. The van der Waals surface area contributed by atoms with E-state index >= 15 is 0 Å². The first-order valence-electron chi connectivity index (χ1n) is 10.5. The molecular weight excluding hydrogens is 408 g/mol. The van der Waals surface area contributed by atoms with Crippen LogP contribution in [0, 0.1) is 5.41 Å². The number of aliphatic hydroxyl groups excluding tert-OH is 1. The Labute approximate surface area is 188 Å². The Morgan fingerprint density at radius 2 is 1.53 bits per heavy atom. The van der Waals surface area contributed by atoms with Crippen LogP contribution in [0.25, 0.3) is 12.2 Å². The summed E-state index contributed by atoms with van der Waals surface area (Å²) in [5, 5.41) is 28.7. The van der Waals surface area contributed by atoms with Crippen molar-refractivity contribution in [2.45, 2.75) is 39.7 Å². The van der Waals surface area contributed by atoms with Gasteiger partial charge >= 0.3 is 0 Å². The van der Waals surface area contributed by atoms with Crippen molar-refractivity contribution < 1.29 is 29.6 Å². The van der Waals surface area contributed by atoms with E-state index in [9.17, 15) is 24.9 Å². The molecule has 0 saturated carbocycles. The summed E-state index contributed by atoms with van der Waals surface area (Å²) in [4.78, 5) is 26.1. The summed E-state index contributed by atoms with van der Waals surface area (Å²) in [7, 11) is 1.44. The van der Waals surface area contributed by atoms with Crippen LogP contribution in [0.1, 0.15) is 49.8 Å². The first-order valence-corrected chi connectivity index (χ1v) is 10.5. The molecule has 0 aliphatic carbocycles. The highest BCUT2D eigenvalue weighted by molar-refractivity contribution is 6.17. The van der Waals surface area contributed by atoms with Crippen LogP contribution in [-0.2, 0) is 16.2 Å². The molecule has 170 valence electrons. The Bertz CT molecular complexity index is 943. The lowest BCUT2D eigenvalue weighted by Gasteiger charge is -2.23. The minimum absolute atomic E-state index is 0.00246. The standard InChI is InChI=1S/C26H30O6/c1-4-5-14-26(2,24(30)12-8-18-6-10-21(28)20(15-18)17-27)25(31)13-9-19-7-11-22(29)23(16-19)32-3/h6-13,15-16,27-29H,4-5,14,17H2,1-3H3. The number of ether oxygens (including phenoxy) is 1. The maximum atomic E-state index is 13.1. The number of carbonyl (C=O) groups excluding carboxylic acids is 2. The van der Waals surface area contributed by atoms with Gasteiger partial charge in [0.2, 0.25) is 0 Å². The summed E-state index contributed by atoms with van der Waals surface area (Å²) in [6.07, 6.45) is 7.90. The second-order valence-electron chi connectivity index (χ2n) is 7.81. The van der Waals surface area contributed by atoms with Crippen molar-refractivity contribution in [1.82, 2.24) is 0 Å². The summed E-state index contributed by atoms with van der Waals surface area (Å²) in [6.45, 7) is 3.33. The minimum atomic E-state index is -1.22. The molecule has 0 radical (unpaired) electrons. The van der Waals surface area contributed by atoms with Gasteiger partial charge in [0.25, 0.3) is 0 Å². The molecule has 0 spiro atoms. The molecule has 6 nitrogen and oxygen atoms in total. The Hall–Kier alpha value is -3.38. The average Bonchev–Trinajstić information content (AvgIpc) is 2.80. The van der Waals surface area contributed by atoms with Gasteiger partial charge in [0.1, 0.15) is 5.75 Å². The van der Waals surface area contributed by atoms with Gasteiger partial charge in [-0.2, -0.15) is 0 Å². The van der Waals surface area contributed by atoms with Crippen LogP contribution in [0.3, 0.4) is 0 Å². The van der Waals surface area contributed by atoms with Gasteiger partial charge in [0.15, 0.2) is 23.1 Å². The lowest BCUT2D eigenvalue weighted by molar-refractivity contribution is -0.134. The molecule has 0 fully saturated rings. The first-order chi connectivity index (χ1) is 15.2. The Morgan fingerprint density at radius 3 is 2.06 bits per heavy atom. The van der Waals surface area contributed by atoms with Crippen molar-refractivity contribution in [3.63, 3.8) is 0 Å². The molecular formula is C26H30O6. The molecule has 32 heavy (non-hydrogen) atoms. The lowest BCUT2D eigenvalue weighted by Crippen LogP contribution is -2.34. The molecule has 0 heterocycles. The Balaban J connectivity index is 2.27. The fraction of sp³-hybridized carbons (Fsp3) is 0.308. The molecule has 1 atom stereocenters. The normalized spacial score (nSPS) is 13.4. The third-order valence-corrected chi connectivity index (χ3v) is 5.45. The SMILES string of the molecule is CCCCC(C)(C(=O)C=Cc1ccc(O)c(CO)c1)C(=O)C=Cc1ccc(O)c(OC)c1. The molecule has 0 aliphatic heterocycles. The van der Waals surface area contributed by atoms with Gasteiger partial charge in [-0.25, -0.2) is 0 Å². The molecule has 1 unspecified atom stereocenters. The number of allylic oxidation sites excluding steroid dienone is 2. The van der Waals surface area contributed by atoms with E-state index in [2.05, 4.69) is 0 Å². The number of phenols is 2. The number of phenolic OH excluding ortho intramolecular Hbond substituents is 1. The fourth-order valence-corrected chi connectivity index (χ4v) is 3.24. The lowest BCUT2D eigenvalue weighted by atomic mass is 9.76. The van der Waals surface area contributed by atoms with Gasteiger partial charge in [-0.1, -0.05) is 44.1 Å². The number of hydrogen-bond donors (Lipinski definition) is 3. The number of unbranched alkanes of at least 4 members (excludes halogenated alkanes) is 1. The van der Waals surface area contributed by atoms with Crippen LogP contribution in [0.4, 0.5) is 0 Å². The number of carbonyl (C=O) groups is 2. The number of benzene rings is 2. The number of aliphatic hydroxyl groups is 1. The van der Waals surface area contributed by atoms with Crippen LogP contribution >= 0.6 is 0 Å². The monoisotopic (exact) mass is 438 g/mol. The van der Waals surface area contributed by atoms with Crippen LogP contribution in [0.2, 0.25) is 0 Å². The first kappa shape index (κ1) is 24.9. The quantitative estimate of drug-likeness (QED) is 0.348. The van der Waals surface area contributed by atoms with Crippen molar-refractivity contribution in [1.29, 1.82) is 0 Å². The van der Waals surface area contributed by atoms with E-state index in [1.165, 1.54) is 31.4 Å². The third-order valence-electron chi connectivity index (χ3n) is 5.45. The van der Waals surface area contributed by atoms with E-state index in [0.717, 1.165) is 12.8 Å². The molecule has 0 bridgehead atoms. The molecule has 2 aromatic carbocycles. The van der Waals surface area contributed by atoms with E-state index < -0.39 is 5.41 Å². The highest BCUT2D eigenvalue weighted by Crippen LogP contribution is 2.30. The van der Waals surface area contributed by atoms with E-state index in [1.807, 2.05) is 6.92 Å². The van der Waals surface area contributed by atoms with Crippen LogP contribution in [0.15, 0.2) is 48.6 Å². The number of aromatic hydroxyl groups is 2. The summed E-state index contributed by atoms with van der Waals surface area (Å²) < 4.78 is 5.09. The van der Waals surface area contributed by atoms with Gasteiger partial charge in [-0.15, -0.1) is 0 Å². The molecule has 6 heteroatoms. The zero-order valence-corrected chi connectivity index (χ0v) is 18.7. The molecule has 0 amide bonds. The summed E-state index contributed by atoms with van der Waals surface area (Å²) in [6, 6.07) is 9.39. The van der Waals surface area contributed by atoms with E-state index in [4.69, 9.17) is 4.74 Å². The van der Waals surface area contributed by atoms with Crippen molar-refractivity contribution in [3.8, 4) is 17.2 Å². The van der Waals surface area contributed by atoms with Gasteiger partial charge in [0.05, 0.1) is 19.1 Å². The van der Waals surface area contributed by atoms with Gasteiger partial charge < -0.3 is 20.1 Å². The van der Waals surface area contributed by atoms with E-state index in [0.29, 0.717) is 28.9 Å². The molecule has 0 saturated heterocycles. The van der Waals surface area contributed by atoms with Crippen molar-refractivity contribution in [2.75, 3.05) is 7.11 Å². The number of rotatable bonds is 11. The maximum Gasteiger partial charge on any atom is 0.169 e. The highest BCUT2D eigenvalue weighted by Gasteiger charge is 2.37. The predicted octanol–water partition coefficient (Wildman–Crippen LogP) is 4.66. The fourth-order valence-electron chi connectivity index (χ4n) is 3.24. The zero-order chi connectivity index (χ0) is 23.7. The second-order valence-corrected chi connectivity index (χ2v) is 7.81. The minimum Gasteiger partial charge on any atom is -0.508 e.